The van der Waals surface area contributed by atoms with Crippen LogP contribution < -0.4 is 0 Å². The van der Waals surface area contributed by atoms with E-state index < -0.39 is 0 Å². The molecule has 2 unspecified atom stereocenters. The van der Waals surface area contributed by atoms with E-state index in [1.807, 2.05) is 13.0 Å². The molecule has 1 aliphatic carbocycles. The second kappa shape index (κ2) is 6.18. The molecule has 0 spiro atoms. The standard InChI is InChI=1S/C15H22O2/c1-2-17-11-10-13-8-5-7-12-6-3-4-9-14(12)15(13)16/h3-4,6,9,13,15-16H,2,5,7-8,10-11H2,1H3. The minimum absolute atomic E-state index is 0.311. The molecule has 0 fully saturated rings. The zero-order valence-electron chi connectivity index (χ0n) is 10.6. The summed E-state index contributed by atoms with van der Waals surface area (Å²) in [6, 6.07) is 8.29. The summed E-state index contributed by atoms with van der Waals surface area (Å²) < 4.78 is 5.40. The van der Waals surface area contributed by atoms with E-state index in [2.05, 4.69) is 18.2 Å². The van der Waals surface area contributed by atoms with Gasteiger partial charge >= 0.3 is 0 Å². The Kier molecular flexibility index (Phi) is 4.57. The molecular formula is C15H22O2. The van der Waals surface area contributed by atoms with Crippen LogP contribution in [0.5, 0.6) is 0 Å². The Labute approximate surface area is 104 Å². The molecule has 0 saturated heterocycles. The first-order chi connectivity index (χ1) is 8.33. The van der Waals surface area contributed by atoms with Crippen molar-refractivity contribution in [2.45, 2.75) is 38.7 Å². The monoisotopic (exact) mass is 234 g/mol. The molecule has 0 saturated carbocycles. The van der Waals surface area contributed by atoms with Crippen LogP contribution in [0, 0.1) is 5.92 Å². The van der Waals surface area contributed by atoms with Gasteiger partial charge in [0.1, 0.15) is 0 Å². The summed E-state index contributed by atoms with van der Waals surface area (Å²) in [5.74, 6) is 0.352. The molecule has 0 heterocycles. The average Bonchev–Trinajstić information content (AvgIpc) is 2.51. The lowest BCUT2D eigenvalue weighted by Crippen LogP contribution is -2.14. The van der Waals surface area contributed by atoms with E-state index in [-0.39, 0.29) is 6.10 Å². The van der Waals surface area contributed by atoms with Crippen molar-refractivity contribution in [2.75, 3.05) is 13.2 Å². The van der Waals surface area contributed by atoms with E-state index in [1.165, 1.54) is 12.0 Å². The van der Waals surface area contributed by atoms with Gasteiger partial charge in [0, 0.05) is 13.2 Å². The number of aryl methyl sites for hydroxylation is 1. The molecule has 2 rings (SSSR count). The van der Waals surface area contributed by atoms with Crippen LogP contribution in [-0.4, -0.2) is 18.3 Å². The smallest absolute Gasteiger partial charge is 0.0821 e. The minimum Gasteiger partial charge on any atom is -0.388 e. The van der Waals surface area contributed by atoms with Gasteiger partial charge in [0.05, 0.1) is 6.10 Å². The largest absolute Gasteiger partial charge is 0.388 e. The number of hydrogen-bond donors (Lipinski definition) is 1. The fourth-order valence-corrected chi connectivity index (χ4v) is 2.70. The highest BCUT2D eigenvalue weighted by atomic mass is 16.5. The van der Waals surface area contributed by atoms with E-state index in [0.29, 0.717) is 5.92 Å². The topological polar surface area (TPSA) is 29.5 Å². The van der Waals surface area contributed by atoms with E-state index in [0.717, 1.165) is 38.0 Å². The maximum absolute atomic E-state index is 10.4. The second-order valence-corrected chi connectivity index (χ2v) is 4.78. The summed E-state index contributed by atoms with van der Waals surface area (Å²) in [4.78, 5) is 0. The van der Waals surface area contributed by atoms with Crippen LogP contribution in [0.3, 0.4) is 0 Å². The van der Waals surface area contributed by atoms with Crippen LogP contribution in [0.25, 0.3) is 0 Å². The van der Waals surface area contributed by atoms with Crippen LogP contribution in [0.15, 0.2) is 24.3 Å². The molecule has 0 amide bonds. The summed E-state index contributed by atoms with van der Waals surface area (Å²) in [5, 5.41) is 10.4. The van der Waals surface area contributed by atoms with Gasteiger partial charge in [-0.3, -0.25) is 0 Å². The maximum atomic E-state index is 10.4. The van der Waals surface area contributed by atoms with Crippen molar-refractivity contribution in [3.63, 3.8) is 0 Å². The Morgan fingerprint density at radius 2 is 2.18 bits per heavy atom. The number of rotatable bonds is 4. The molecule has 1 aliphatic rings. The first-order valence-electron chi connectivity index (χ1n) is 6.66. The van der Waals surface area contributed by atoms with E-state index in [1.54, 1.807) is 0 Å². The van der Waals surface area contributed by atoms with Crippen molar-refractivity contribution in [1.29, 1.82) is 0 Å². The number of benzene rings is 1. The quantitative estimate of drug-likeness (QED) is 0.641. The third-order valence-electron chi connectivity index (χ3n) is 3.68. The van der Waals surface area contributed by atoms with Gasteiger partial charge in [-0.2, -0.15) is 0 Å². The molecule has 0 bridgehead atoms. The number of aliphatic hydroxyl groups excluding tert-OH is 1. The fourth-order valence-electron chi connectivity index (χ4n) is 2.70. The van der Waals surface area contributed by atoms with Crippen molar-refractivity contribution in [2.24, 2.45) is 5.92 Å². The highest BCUT2D eigenvalue weighted by Gasteiger charge is 2.25. The third kappa shape index (κ3) is 3.08. The van der Waals surface area contributed by atoms with Gasteiger partial charge in [0.25, 0.3) is 0 Å². The summed E-state index contributed by atoms with van der Waals surface area (Å²) in [6.07, 6.45) is 4.02. The zero-order chi connectivity index (χ0) is 12.1. The molecule has 2 heteroatoms. The van der Waals surface area contributed by atoms with Crippen molar-refractivity contribution < 1.29 is 9.84 Å². The molecule has 1 N–H and O–H groups in total. The first kappa shape index (κ1) is 12.6. The summed E-state index contributed by atoms with van der Waals surface area (Å²) in [7, 11) is 0. The second-order valence-electron chi connectivity index (χ2n) is 4.78. The van der Waals surface area contributed by atoms with Gasteiger partial charge in [0.2, 0.25) is 0 Å². The van der Waals surface area contributed by atoms with Crippen molar-refractivity contribution in [1.82, 2.24) is 0 Å². The van der Waals surface area contributed by atoms with Gasteiger partial charge < -0.3 is 9.84 Å². The van der Waals surface area contributed by atoms with Crippen LogP contribution in [0.2, 0.25) is 0 Å². The minimum atomic E-state index is -0.311. The summed E-state index contributed by atoms with van der Waals surface area (Å²) in [5.41, 5.74) is 2.45. The molecule has 0 radical (unpaired) electrons. The fraction of sp³-hybridized carbons (Fsp3) is 0.600. The van der Waals surface area contributed by atoms with Gasteiger partial charge in [-0.15, -0.1) is 0 Å². The Morgan fingerprint density at radius 3 is 3.00 bits per heavy atom. The maximum Gasteiger partial charge on any atom is 0.0821 e. The van der Waals surface area contributed by atoms with E-state index >= 15 is 0 Å². The first-order valence-corrected chi connectivity index (χ1v) is 6.66. The SMILES string of the molecule is CCOCCC1CCCc2ccccc2C1O. The average molecular weight is 234 g/mol. The van der Waals surface area contributed by atoms with Crippen molar-refractivity contribution in [3.05, 3.63) is 35.4 Å². The molecule has 1 aromatic carbocycles. The molecule has 17 heavy (non-hydrogen) atoms. The lowest BCUT2D eigenvalue weighted by atomic mass is 9.91. The molecule has 94 valence electrons. The molecule has 1 aromatic rings. The highest BCUT2D eigenvalue weighted by molar-refractivity contribution is 5.30. The van der Waals surface area contributed by atoms with Crippen LogP contribution in [-0.2, 0) is 11.2 Å². The van der Waals surface area contributed by atoms with Gasteiger partial charge in [0.15, 0.2) is 0 Å². The molecule has 0 aromatic heterocycles. The van der Waals surface area contributed by atoms with Crippen molar-refractivity contribution >= 4 is 0 Å². The number of hydrogen-bond acceptors (Lipinski definition) is 2. The van der Waals surface area contributed by atoms with Crippen LogP contribution in [0.4, 0.5) is 0 Å². The lowest BCUT2D eigenvalue weighted by molar-refractivity contribution is 0.0661. The van der Waals surface area contributed by atoms with Crippen LogP contribution in [0.1, 0.15) is 43.4 Å². The Hall–Kier alpha value is -0.860. The van der Waals surface area contributed by atoms with Gasteiger partial charge in [-0.1, -0.05) is 24.3 Å². The Balaban J connectivity index is 2.06. The molecule has 2 atom stereocenters. The van der Waals surface area contributed by atoms with Crippen LogP contribution >= 0.6 is 0 Å². The molecule has 0 aliphatic heterocycles. The Bertz CT molecular complexity index is 349. The Morgan fingerprint density at radius 1 is 1.35 bits per heavy atom. The van der Waals surface area contributed by atoms with Gasteiger partial charge in [-0.05, 0) is 49.7 Å². The van der Waals surface area contributed by atoms with E-state index in [9.17, 15) is 5.11 Å². The summed E-state index contributed by atoms with van der Waals surface area (Å²) in [6.45, 7) is 3.54. The molecule has 2 nitrogen and oxygen atoms in total. The molecular weight excluding hydrogens is 212 g/mol. The van der Waals surface area contributed by atoms with Crippen molar-refractivity contribution in [3.8, 4) is 0 Å². The number of fused-ring (bicyclic) bond motifs is 1. The third-order valence-corrected chi connectivity index (χ3v) is 3.68. The number of aliphatic hydroxyl groups is 1. The normalized spacial score (nSPS) is 24.1. The lowest BCUT2D eigenvalue weighted by Gasteiger charge is -2.21. The predicted molar refractivity (Wildman–Crippen MR) is 68.9 cm³/mol. The highest BCUT2D eigenvalue weighted by Crippen LogP contribution is 2.34. The predicted octanol–water partition coefficient (Wildman–Crippen LogP) is 3.10. The van der Waals surface area contributed by atoms with E-state index in [4.69, 9.17) is 4.74 Å². The zero-order valence-corrected chi connectivity index (χ0v) is 10.6. The summed E-state index contributed by atoms with van der Waals surface area (Å²) >= 11 is 0. The number of ether oxygens (including phenoxy) is 1. The van der Waals surface area contributed by atoms with Gasteiger partial charge in [-0.25, -0.2) is 0 Å².